The zero-order valence-corrected chi connectivity index (χ0v) is 8.11. The number of rotatable bonds is 1. The maximum Gasteiger partial charge on any atom is 0.162 e. The minimum Gasteiger partial charge on any atom is -0.294 e. The molecule has 0 atom stereocenters. The highest BCUT2D eigenvalue weighted by molar-refractivity contribution is 9.10. The zero-order chi connectivity index (χ0) is 8.43. The second kappa shape index (κ2) is 3.32. The molecule has 0 aliphatic heterocycles. The van der Waals surface area contributed by atoms with Crippen molar-refractivity contribution in [3.8, 4) is 0 Å². The van der Waals surface area contributed by atoms with Crippen molar-refractivity contribution in [2.24, 2.45) is 0 Å². The molecule has 0 saturated heterocycles. The number of hydrogen-bond donors (Lipinski definition) is 0. The van der Waals surface area contributed by atoms with Crippen LogP contribution in [0.25, 0.3) is 0 Å². The third-order valence-electron chi connectivity index (χ3n) is 1.22. The Kier molecular flexibility index (Phi) is 2.62. The second-order valence-electron chi connectivity index (χ2n) is 2.04. The molecular weight excluding hydrogens is 229 g/mol. The summed E-state index contributed by atoms with van der Waals surface area (Å²) in [5, 5.41) is 0.424. The van der Waals surface area contributed by atoms with Gasteiger partial charge in [-0.2, -0.15) is 0 Å². The van der Waals surface area contributed by atoms with Gasteiger partial charge >= 0.3 is 0 Å². The van der Waals surface area contributed by atoms with Crippen LogP contribution in [0.2, 0.25) is 5.02 Å². The highest BCUT2D eigenvalue weighted by Crippen LogP contribution is 2.24. The van der Waals surface area contributed by atoms with E-state index in [0.29, 0.717) is 15.1 Å². The zero-order valence-electron chi connectivity index (χ0n) is 5.77. The first-order valence-electron chi connectivity index (χ1n) is 2.93. The summed E-state index contributed by atoms with van der Waals surface area (Å²) >= 11 is 8.95. The third kappa shape index (κ3) is 1.79. The van der Waals surface area contributed by atoms with Crippen LogP contribution in [0.1, 0.15) is 17.3 Å². The van der Waals surface area contributed by atoms with Crippen LogP contribution in [-0.2, 0) is 0 Å². The normalized spacial score (nSPS) is 9.73. The van der Waals surface area contributed by atoms with Gasteiger partial charge in [0.05, 0.1) is 15.1 Å². The van der Waals surface area contributed by atoms with Crippen molar-refractivity contribution in [1.82, 2.24) is 4.98 Å². The number of hydrogen-bond acceptors (Lipinski definition) is 2. The van der Waals surface area contributed by atoms with E-state index in [1.807, 2.05) is 0 Å². The highest BCUT2D eigenvalue weighted by Gasteiger charge is 2.07. The van der Waals surface area contributed by atoms with Crippen molar-refractivity contribution in [3.63, 3.8) is 0 Å². The van der Waals surface area contributed by atoms with Crippen molar-refractivity contribution in [1.29, 1.82) is 0 Å². The van der Waals surface area contributed by atoms with Crippen molar-refractivity contribution in [3.05, 3.63) is 27.5 Å². The maximum absolute atomic E-state index is 10.9. The summed E-state index contributed by atoms with van der Waals surface area (Å²) in [6, 6.07) is 0. The Balaban J connectivity index is 3.27. The van der Waals surface area contributed by atoms with E-state index in [9.17, 15) is 4.79 Å². The van der Waals surface area contributed by atoms with E-state index in [4.69, 9.17) is 11.6 Å². The monoisotopic (exact) mass is 233 g/mol. The van der Waals surface area contributed by atoms with Gasteiger partial charge in [0.15, 0.2) is 5.78 Å². The van der Waals surface area contributed by atoms with E-state index in [0.717, 1.165) is 0 Å². The average molecular weight is 234 g/mol. The van der Waals surface area contributed by atoms with E-state index in [1.165, 1.54) is 13.1 Å². The van der Waals surface area contributed by atoms with Crippen LogP contribution in [0.5, 0.6) is 0 Å². The van der Waals surface area contributed by atoms with Crippen molar-refractivity contribution < 1.29 is 4.79 Å². The standard InChI is InChI=1S/C7H5BrClNO/c1-4(11)5-2-10-3-6(8)7(5)9/h2-3H,1H3. The van der Waals surface area contributed by atoms with Crippen molar-refractivity contribution in [2.75, 3.05) is 0 Å². The van der Waals surface area contributed by atoms with Gasteiger partial charge in [-0.3, -0.25) is 9.78 Å². The molecule has 0 unspecified atom stereocenters. The summed E-state index contributed by atoms with van der Waals surface area (Å²) in [7, 11) is 0. The molecule has 11 heavy (non-hydrogen) atoms. The van der Waals surface area contributed by atoms with Gasteiger partial charge in [0.2, 0.25) is 0 Å². The Labute approximate surface area is 77.7 Å². The Hall–Kier alpha value is -0.410. The molecule has 0 fully saturated rings. The lowest BCUT2D eigenvalue weighted by Crippen LogP contribution is -1.94. The van der Waals surface area contributed by atoms with Crippen molar-refractivity contribution in [2.45, 2.75) is 6.92 Å². The Morgan fingerprint density at radius 3 is 2.73 bits per heavy atom. The third-order valence-corrected chi connectivity index (χ3v) is 2.45. The molecule has 58 valence electrons. The van der Waals surface area contributed by atoms with Gasteiger partial charge in [-0.05, 0) is 22.9 Å². The van der Waals surface area contributed by atoms with Crippen LogP contribution in [0.15, 0.2) is 16.9 Å². The number of Topliss-reactive ketones (excluding diaryl/α,β-unsaturated/α-hetero) is 1. The van der Waals surface area contributed by atoms with Gasteiger partial charge < -0.3 is 0 Å². The predicted molar refractivity (Wildman–Crippen MR) is 47.0 cm³/mol. The Morgan fingerprint density at radius 1 is 1.64 bits per heavy atom. The van der Waals surface area contributed by atoms with Gasteiger partial charge in [0.1, 0.15) is 0 Å². The van der Waals surface area contributed by atoms with Crippen LogP contribution in [-0.4, -0.2) is 10.8 Å². The summed E-state index contributed by atoms with van der Waals surface area (Å²) in [5.41, 5.74) is 0.445. The molecule has 0 spiro atoms. The predicted octanol–water partition coefficient (Wildman–Crippen LogP) is 2.70. The fraction of sp³-hybridized carbons (Fsp3) is 0.143. The summed E-state index contributed by atoms with van der Waals surface area (Å²) in [6.07, 6.45) is 3.00. The van der Waals surface area contributed by atoms with E-state index >= 15 is 0 Å². The lowest BCUT2D eigenvalue weighted by molar-refractivity contribution is 0.101. The molecule has 0 aromatic carbocycles. The van der Waals surface area contributed by atoms with E-state index in [-0.39, 0.29) is 5.78 Å². The summed E-state index contributed by atoms with van der Waals surface area (Å²) in [6.45, 7) is 1.45. The van der Waals surface area contributed by atoms with Gasteiger partial charge in [0.25, 0.3) is 0 Å². The fourth-order valence-electron chi connectivity index (χ4n) is 0.665. The summed E-state index contributed by atoms with van der Waals surface area (Å²) < 4.78 is 0.645. The van der Waals surface area contributed by atoms with E-state index in [1.54, 1.807) is 6.20 Å². The number of halogens is 2. The number of pyridine rings is 1. The first kappa shape index (κ1) is 8.68. The maximum atomic E-state index is 10.9. The second-order valence-corrected chi connectivity index (χ2v) is 3.27. The number of carbonyl (C=O) groups excluding carboxylic acids is 1. The SMILES string of the molecule is CC(=O)c1cncc(Br)c1Cl. The summed E-state index contributed by atoms with van der Waals surface area (Å²) in [5.74, 6) is -0.0798. The Morgan fingerprint density at radius 2 is 2.27 bits per heavy atom. The first-order chi connectivity index (χ1) is 5.13. The molecule has 0 amide bonds. The lowest BCUT2D eigenvalue weighted by atomic mass is 10.2. The molecule has 1 aromatic heterocycles. The largest absolute Gasteiger partial charge is 0.294 e. The molecular formula is C7H5BrClNO. The molecule has 1 rings (SSSR count). The quantitative estimate of drug-likeness (QED) is 0.699. The molecule has 0 aliphatic carbocycles. The van der Waals surface area contributed by atoms with Crippen LogP contribution >= 0.6 is 27.5 Å². The van der Waals surface area contributed by atoms with Crippen LogP contribution in [0.4, 0.5) is 0 Å². The number of nitrogens with zero attached hydrogens (tertiary/aromatic N) is 1. The molecule has 0 radical (unpaired) electrons. The van der Waals surface area contributed by atoms with Crippen LogP contribution in [0.3, 0.4) is 0 Å². The molecule has 4 heteroatoms. The average Bonchev–Trinajstić information content (AvgIpc) is 1.94. The lowest BCUT2D eigenvalue weighted by Gasteiger charge is -1.99. The smallest absolute Gasteiger partial charge is 0.162 e. The fourth-order valence-corrected chi connectivity index (χ4v) is 1.23. The number of carbonyl (C=O) groups is 1. The number of ketones is 1. The van der Waals surface area contributed by atoms with Gasteiger partial charge in [0, 0.05) is 12.4 Å². The molecule has 1 heterocycles. The highest BCUT2D eigenvalue weighted by atomic mass is 79.9. The molecule has 0 aliphatic rings. The van der Waals surface area contributed by atoms with E-state index in [2.05, 4.69) is 20.9 Å². The topological polar surface area (TPSA) is 30.0 Å². The molecule has 0 N–H and O–H groups in total. The van der Waals surface area contributed by atoms with Gasteiger partial charge in [-0.15, -0.1) is 0 Å². The van der Waals surface area contributed by atoms with Gasteiger partial charge in [-0.25, -0.2) is 0 Å². The van der Waals surface area contributed by atoms with E-state index < -0.39 is 0 Å². The molecule has 1 aromatic rings. The van der Waals surface area contributed by atoms with Crippen LogP contribution in [0, 0.1) is 0 Å². The number of aromatic nitrogens is 1. The minimum atomic E-state index is -0.0798. The van der Waals surface area contributed by atoms with Crippen molar-refractivity contribution >= 4 is 33.3 Å². The Bertz CT molecular complexity index is 300. The molecule has 0 saturated carbocycles. The molecule has 2 nitrogen and oxygen atoms in total. The van der Waals surface area contributed by atoms with Gasteiger partial charge in [-0.1, -0.05) is 11.6 Å². The molecule has 0 bridgehead atoms. The minimum absolute atomic E-state index is 0.0798. The summed E-state index contributed by atoms with van der Waals surface area (Å²) in [4.78, 5) is 14.7. The van der Waals surface area contributed by atoms with Crippen LogP contribution < -0.4 is 0 Å². The first-order valence-corrected chi connectivity index (χ1v) is 4.10.